The summed E-state index contributed by atoms with van der Waals surface area (Å²) in [6, 6.07) is 6.44. The first-order valence-electron chi connectivity index (χ1n) is 11.0. The first-order valence-corrected chi connectivity index (χ1v) is 11.0. The van der Waals surface area contributed by atoms with Crippen LogP contribution in [-0.2, 0) is 19.1 Å². The van der Waals surface area contributed by atoms with Crippen molar-refractivity contribution in [1.29, 1.82) is 0 Å². The normalized spacial score (nSPS) is 32.2. The molecule has 2 saturated carbocycles. The van der Waals surface area contributed by atoms with Crippen LogP contribution in [0.4, 0.5) is 5.69 Å². The van der Waals surface area contributed by atoms with Crippen molar-refractivity contribution in [1.82, 2.24) is 4.90 Å². The van der Waals surface area contributed by atoms with Gasteiger partial charge in [0.2, 0.25) is 17.7 Å². The smallest absolute Gasteiger partial charge is 0.338 e. The molecule has 1 aliphatic heterocycles. The van der Waals surface area contributed by atoms with Crippen LogP contribution in [0.25, 0.3) is 0 Å². The van der Waals surface area contributed by atoms with Crippen molar-refractivity contribution in [2.45, 2.75) is 32.8 Å². The monoisotopic (exact) mass is 422 g/mol. The lowest BCUT2D eigenvalue weighted by molar-refractivity contribution is -0.140. The number of amides is 3. The lowest BCUT2D eigenvalue weighted by atomic mass is 9.63. The standard InChI is InChI=1S/C24H26N2O5/c1-12(2)31-24(30)13-3-5-14(6-4-13)25-19(27)9-10-26-22(28)20-15-7-8-16(18-11-17(15)18)21(20)23(26)29/h3-8,12,15-18,20-21H,9-11H2,1-2H3,(H,25,27)/t15-,16+,17-,18-,20+,21+/m1/s1. The molecule has 0 aromatic heterocycles. The molecule has 0 spiro atoms. The summed E-state index contributed by atoms with van der Waals surface area (Å²) in [6.07, 6.45) is 5.25. The number of carbonyl (C=O) groups is 4. The Morgan fingerprint density at radius 3 is 2.16 bits per heavy atom. The van der Waals surface area contributed by atoms with Crippen LogP contribution >= 0.6 is 0 Å². The van der Waals surface area contributed by atoms with Crippen LogP contribution in [0.15, 0.2) is 36.4 Å². The van der Waals surface area contributed by atoms with E-state index >= 15 is 0 Å². The molecule has 0 radical (unpaired) electrons. The highest BCUT2D eigenvalue weighted by molar-refractivity contribution is 6.06. The van der Waals surface area contributed by atoms with E-state index in [-0.39, 0.29) is 60.5 Å². The summed E-state index contributed by atoms with van der Waals surface area (Å²) in [5.74, 6) is 0.140. The highest BCUT2D eigenvalue weighted by Crippen LogP contribution is 2.65. The lowest BCUT2D eigenvalue weighted by Gasteiger charge is -2.37. The Morgan fingerprint density at radius 1 is 1.03 bits per heavy atom. The third-order valence-electron chi connectivity index (χ3n) is 7.06. The van der Waals surface area contributed by atoms with Crippen LogP contribution < -0.4 is 5.32 Å². The molecule has 3 fully saturated rings. The van der Waals surface area contributed by atoms with Gasteiger partial charge in [-0.3, -0.25) is 19.3 Å². The molecule has 5 aliphatic rings. The van der Waals surface area contributed by atoms with Gasteiger partial charge >= 0.3 is 5.97 Å². The Bertz CT molecular complexity index is 946. The molecule has 6 rings (SSSR count). The summed E-state index contributed by atoms with van der Waals surface area (Å²) >= 11 is 0. The van der Waals surface area contributed by atoms with Crippen LogP contribution in [0.5, 0.6) is 0 Å². The summed E-state index contributed by atoms with van der Waals surface area (Å²) in [5, 5.41) is 2.76. The predicted molar refractivity (Wildman–Crippen MR) is 112 cm³/mol. The minimum atomic E-state index is -0.415. The maximum Gasteiger partial charge on any atom is 0.338 e. The van der Waals surface area contributed by atoms with Gasteiger partial charge in [-0.25, -0.2) is 4.79 Å². The molecule has 1 saturated heterocycles. The molecule has 6 atom stereocenters. The van der Waals surface area contributed by atoms with E-state index in [1.807, 2.05) is 0 Å². The largest absolute Gasteiger partial charge is 0.459 e. The SMILES string of the molecule is CC(C)OC(=O)c1ccc(NC(=O)CCN2C(=O)[C@H]3[C@@H]4C=C[C@@H]([C@H]5C[C@H]45)[C@@H]3C2=O)cc1. The van der Waals surface area contributed by atoms with Gasteiger partial charge in [0.15, 0.2) is 0 Å². The lowest BCUT2D eigenvalue weighted by Crippen LogP contribution is -2.40. The van der Waals surface area contributed by atoms with Gasteiger partial charge in [0, 0.05) is 18.7 Å². The van der Waals surface area contributed by atoms with Crippen molar-refractivity contribution in [2.75, 3.05) is 11.9 Å². The average molecular weight is 422 g/mol. The fourth-order valence-corrected chi connectivity index (χ4v) is 5.65. The summed E-state index contributed by atoms with van der Waals surface area (Å²) < 4.78 is 5.14. The van der Waals surface area contributed by atoms with Gasteiger partial charge in [0.1, 0.15) is 0 Å². The van der Waals surface area contributed by atoms with Gasteiger partial charge in [0.25, 0.3) is 0 Å². The van der Waals surface area contributed by atoms with Crippen LogP contribution in [0.3, 0.4) is 0 Å². The molecular formula is C24H26N2O5. The number of benzene rings is 1. The number of hydrogen-bond acceptors (Lipinski definition) is 5. The van der Waals surface area contributed by atoms with Gasteiger partial charge < -0.3 is 10.1 Å². The predicted octanol–water partition coefficient (Wildman–Crippen LogP) is 2.63. The highest BCUT2D eigenvalue weighted by atomic mass is 16.5. The number of hydrogen-bond donors (Lipinski definition) is 1. The van der Waals surface area contributed by atoms with Gasteiger partial charge in [0.05, 0.1) is 23.5 Å². The summed E-state index contributed by atoms with van der Waals surface area (Å²) in [4.78, 5) is 51.5. The first kappa shape index (κ1) is 20.0. The fourth-order valence-electron chi connectivity index (χ4n) is 5.65. The number of ether oxygens (including phenoxy) is 1. The molecule has 31 heavy (non-hydrogen) atoms. The van der Waals surface area contributed by atoms with Crippen LogP contribution in [0, 0.1) is 35.5 Å². The van der Waals surface area contributed by atoms with E-state index in [1.165, 1.54) is 4.90 Å². The number of esters is 1. The van der Waals surface area contributed by atoms with E-state index in [4.69, 9.17) is 4.74 Å². The van der Waals surface area contributed by atoms with Gasteiger partial charge in [-0.05, 0) is 68.2 Å². The van der Waals surface area contributed by atoms with Gasteiger partial charge in [-0.2, -0.15) is 0 Å². The van der Waals surface area contributed by atoms with E-state index in [0.717, 1.165) is 6.42 Å². The molecule has 162 valence electrons. The molecule has 1 aromatic carbocycles. The molecular weight excluding hydrogens is 396 g/mol. The molecule has 4 aliphatic carbocycles. The molecule has 1 aromatic rings. The zero-order valence-electron chi connectivity index (χ0n) is 17.6. The number of likely N-dealkylation sites (tertiary alicyclic amines) is 1. The van der Waals surface area contributed by atoms with Crippen molar-refractivity contribution >= 4 is 29.4 Å². The molecule has 1 N–H and O–H groups in total. The number of imide groups is 1. The van der Waals surface area contributed by atoms with E-state index in [9.17, 15) is 19.2 Å². The first-order chi connectivity index (χ1) is 14.8. The van der Waals surface area contributed by atoms with Gasteiger partial charge in [-0.1, -0.05) is 12.2 Å². The second kappa shape index (κ2) is 7.32. The van der Waals surface area contributed by atoms with Crippen molar-refractivity contribution in [3.63, 3.8) is 0 Å². The molecule has 7 heteroatoms. The number of allylic oxidation sites excluding steroid dienone is 2. The maximum atomic E-state index is 12.9. The zero-order chi connectivity index (χ0) is 21.9. The third kappa shape index (κ3) is 3.36. The van der Waals surface area contributed by atoms with Crippen molar-refractivity contribution in [3.8, 4) is 0 Å². The molecule has 7 nitrogen and oxygen atoms in total. The van der Waals surface area contributed by atoms with Crippen molar-refractivity contribution in [3.05, 3.63) is 42.0 Å². The topological polar surface area (TPSA) is 92.8 Å². The third-order valence-corrected chi connectivity index (χ3v) is 7.06. The quantitative estimate of drug-likeness (QED) is 0.432. The number of nitrogens with zero attached hydrogens (tertiary/aromatic N) is 1. The van der Waals surface area contributed by atoms with Crippen LogP contribution in [0.1, 0.15) is 37.0 Å². The minimum Gasteiger partial charge on any atom is -0.459 e. The van der Waals surface area contributed by atoms with Crippen LogP contribution in [0.2, 0.25) is 0 Å². The van der Waals surface area contributed by atoms with E-state index in [0.29, 0.717) is 23.1 Å². The molecule has 0 unspecified atom stereocenters. The van der Waals surface area contributed by atoms with E-state index in [1.54, 1.807) is 38.1 Å². The number of nitrogens with one attached hydrogen (secondary N) is 1. The van der Waals surface area contributed by atoms with Crippen molar-refractivity contribution < 1.29 is 23.9 Å². The minimum absolute atomic E-state index is 0.0453. The van der Waals surface area contributed by atoms with E-state index < -0.39 is 5.97 Å². The number of carbonyl (C=O) groups excluding carboxylic acids is 4. The van der Waals surface area contributed by atoms with Gasteiger partial charge in [-0.15, -0.1) is 0 Å². The Labute approximate surface area is 180 Å². The van der Waals surface area contributed by atoms with E-state index in [2.05, 4.69) is 17.5 Å². The highest BCUT2D eigenvalue weighted by Gasteiger charge is 2.66. The molecule has 2 bridgehead atoms. The number of rotatable bonds is 6. The summed E-state index contributed by atoms with van der Waals surface area (Å²) in [5.41, 5.74) is 0.949. The Kier molecular flexibility index (Phi) is 4.72. The Morgan fingerprint density at radius 2 is 1.61 bits per heavy atom. The molecule has 3 amide bonds. The second-order valence-electron chi connectivity index (χ2n) is 9.31. The Balaban J connectivity index is 1.17. The Hall–Kier alpha value is -2.96. The number of anilines is 1. The average Bonchev–Trinajstić information content (AvgIpc) is 3.51. The second-order valence-corrected chi connectivity index (χ2v) is 9.31. The maximum absolute atomic E-state index is 12.9. The fraction of sp³-hybridized carbons (Fsp3) is 0.500. The summed E-state index contributed by atoms with van der Waals surface area (Å²) in [6.45, 7) is 3.66. The summed E-state index contributed by atoms with van der Waals surface area (Å²) in [7, 11) is 0. The van der Waals surface area contributed by atoms with Crippen LogP contribution in [-0.4, -0.2) is 41.2 Å². The zero-order valence-corrected chi connectivity index (χ0v) is 17.6. The van der Waals surface area contributed by atoms with Crippen molar-refractivity contribution in [2.24, 2.45) is 35.5 Å². The molecule has 1 heterocycles.